The third-order valence-electron chi connectivity index (χ3n) is 4.76. The molecule has 1 N–H and O–H groups in total. The summed E-state index contributed by atoms with van der Waals surface area (Å²) in [7, 11) is 2.06. The molecule has 0 aliphatic heterocycles. The first-order valence-electron chi connectivity index (χ1n) is 7.73. The maximum atomic E-state index is 3.66. The first-order valence-corrected chi connectivity index (χ1v) is 8.52. The SMILES string of the molecule is CNC(c1ccccc1C1CCC1)c1cccc(Br)c1C. The summed E-state index contributed by atoms with van der Waals surface area (Å²) in [6, 6.07) is 15.7. The lowest BCUT2D eigenvalue weighted by Crippen LogP contribution is -2.22. The Balaban J connectivity index is 2.06. The minimum atomic E-state index is 0.263. The third-order valence-corrected chi connectivity index (χ3v) is 5.62. The molecule has 0 aromatic heterocycles. The minimum Gasteiger partial charge on any atom is -0.309 e. The Morgan fingerprint density at radius 2 is 1.76 bits per heavy atom. The summed E-state index contributed by atoms with van der Waals surface area (Å²) in [5.41, 5.74) is 5.65. The molecule has 0 spiro atoms. The Labute approximate surface area is 135 Å². The van der Waals surface area contributed by atoms with Gasteiger partial charge in [0.2, 0.25) is 0 Å². The number of rotatable bonds is 4. The maximum Gasteiger partial charge on any atom is 0.0580 e. The van der Waals surface area contributed by atoms with Crippen LogP contribution in [0.2, 0.25) is 0 Å². The summed E-state index contributed by atoms with van der Waals surface area (Å²) in [6.07, 6.45) is 4.05. The van der Waals surface area contributed by atoms with Gasteiger partial charge >= 0.3 is 0 Å². The zero-order valence-electron chi connectivity index (χ0n) is 12.7. The monoisotopic (exact) mass is 343 g/mol. The van der Waals surface area contributed by atoms with E-state index < -0.39 is 0 Å². The molecule has 21 heavy (non-hydrogen) atoms. The highest BCUT2D eigenvalue weighted by molar-refractivity contribution is 9.10. The molecule has 1 saturated carbocycles. The van der Waals surface area contributed by atoms with E-state index in [1.54, 1.807) is 0 Å². The number of nitrogens with one attached hydrogen (secondary N) is 1. The second-order valence-corrected chi connectivity index (χ2v) is 6.79. The lowest BCUT2D eigenvalue weighted by molar-refractivity contribution is 0.415. The molecule has 0 amide bonds. The van der Waals surface area contributed by atoms with Crippen molar-refractivity contribution in [2.45, 2.75) is 38.1 Å². The molecule has 110 valence electrons. The zero-order chi connectivity index (χ0) is 14.8. The molecule has 1 unspecified atom stereocenters. The van der Waals surface area contributed by atoms with E-state index >= 15 is 0 Å². The number of halogens is 1. The van der Waals surface area contributed by atoms with Crippen LogP contribution in [0, 0.1) is 6.92 Å². The highest BCUT2D eigenvalue weighted by atomic mass is 79.9. The smallest absolute Gasteiger partial charge is 0.0580 e. The van der Waals surface area contributed by atoms with Crippen molar-refractivity contribution >= 4 is 15.9 Å². The fraction of sp³-hybridized carbons (Fsp3) is 0.368. The van der Waals surface area contributed by atoms with Gasteiger partial charge in [-0.1, -0.05) is 58.7 Å². The molecule has 1 atom stereocenters. The van der Waals surface area contributed by atoms with Crippen LogP contribution in [0.1, 0.15) is 53.5 Å². The van der Waals surface area contributed by atoms with Crippen LogP contribution in [0.5, 0.6) is 0 Å². The molecule has 1 fully saturated rings. The minimum absolute atomic E-state index is 0.263. The Kier molecular flexibility index (Phi) is 4.46. The molecular formula is C19H22BrN. The van der Waals surface area contributed by atoms with Gasteiger partial charge in [0.15, 0.2) is 0 Å². The van der Waals surface area contributed by atoms with Gasteiger partial charge in [-0.15, -0.1) is 0 Å². The van der Waals surface area contributed by atoms with Crippen LogP contribution in [0.15, 0.2) is 46.9 Å². The molecule has 3 rings (SSSR count). The van der Waals surface area contributed by atoms with Crippen molar-refractivity contribution < 1.29 is 0 Å². The van der Waals surface area contributed by atoms with Crippen LogP contribution in [-0.4, -0.2) is 7.05 Å². The van der Waals surface area contributed by atoms with E-state index in [1.807, 2.05) is 0 Å². The predicted molar refractivity (Wildman–Crippen MR) is 92.8 cm³/mol. The molecule has 1 aliphatic carbocycles. The normalized spacial score (nSPS) is 16.5. The fourth-order valence-electron chi connectivity index (χ4n) is 3.28. The first-order chi connectivity index (χ1) is 10.2. The zero-order valence-corrected chi connectivity index (χ0v) is 14.3. The summed E-state index contributed by atoms with van der Waals surface area (Å²) in [5.74, 6) is 0.754. The first kappa shape index (κ1) is 14.8. The van der Waals surface area contributed by atoms with Gasteiger partial charge in [0.1, 0.15) is 0 Å². The van der Waals surface area contributed by atoms with Gasteiger partial charge in [-0.05, 0) is 61.1 Å². The quantitative estimate of drug-likeness (QED) is 0.790. The summed E-state index contributed by atoms with van der Waals surface area (Å²) < 4.78 is 1.18. The van der Waals surface area contributed by atoms with Crippen molar-refractivity contribution in [3.63, 3.8) is 0 Å². The third kappa shape index (κ3) is 2.79. The fourth-order valence-corrected chi connectivity index (χ4v) is 3.66. The van der Waals surface area contributed by atoms with Crippen LogP contribution < -0.4 is 5.32 Å². The van der Waals surface area contributed by atoms with E-state index in [4.69, 9.17) is 0 Å². The summed E-state index contributed by atoms with van der Waals surface area (Å²) in [6.45, 7) is 2.19. The predicted octanol–water partition coefficient (Wildman–Crippen LogP) is 5.33. The molecular weight excluding hydrogens is 322 g/mol. The average Bonchev–Trinajstić information content (AvgIpc) is 2.44. The second kappa shape index (κ2) is 6.33. The number of hydrogen-bond donors (Lipinski definition) is 1. The van der Waals surface area contributed by atoms with Gasteiger partial charge in [0.05, 0.1) is 6.04 Å². The summed E-state index contributed by atoms with van der Waals surface area (Å²) in [5, 5.41) is 3.53. The van der Waals surface area contributed by atoms with E-state index in [0.717, 1.165) is 5.92 Å². The van der Waals surface area contributed by atoms with Gasteiger partial charge in [0, 0.05) is 4.47 Å². The Bertz CT molecular complexity index is 631. The number of hydrogen-bond acceptors (Lipinski definition) is 1. The molecule has 2 aromatic carbocycles. The lowest BCUT2D eigenvalue weighted by Gasteiger charge is -2.31. The van der Waals surface area contributed by atoms with E-state index in [-0.39, 0.29) is 6.04 Å². The van der Waals surface area contributed by atoms with Crippen LogP contribution in [-0.2, 0) is 0 Å². The van der Waals surface area contributed by atoms with Crippen LogP contribution in [0.3, 0.4) is 0 Å². The van der Waals surface area contributed by atoms with Crippen molar-refractivity contribution in [2.24, 2.45) is 0 Å². The summed E-state index contributed by atoms with van der Waals surface area (Å²) >= 11 is 3.66. The highest BCUT2D eigenvalue weighted by Gasteiger charge is 2.25. The average molecular weight is 344 g/mol. The van der Waals surface area contributed by atoms with E-state index in [1.165, 1.54) is 46.0 Å². The highest BCUT2D eigenvalue weighted by Crippen LogP contribution is 2.41. The number of benzene rings is 2. The Morgan fingerprint density at radius 3 is 2.43 bits per heavy atom. The summed E-state index contributed by atoms with van der Waals surface area (Å²) in [4.78, 5) is 0. The molecule has 0 saturated heterocycles. The molecule has 0 heterocycles. The van der Waals surface area contributed by atoms with Crippen molar-refractivity contribution in [1.29, 1.82) is 0 Å². The molecule has 0 bridgehead atoms. The topological polar surface area (TPSA) is 12.0 Å². The standard InChI is InChI=1S/C19H22BrN/c1-13-15(11-6-12-18(13)20)19(21-2)17-10-4-3-9-16(17)14-7-5-8-14/h3-4,6,9-12,14,19,21H,5,7-8H2,1-2H3. The maximum absolute atomic E-state index is 3.66. The van der Waals surface area contributed by atoms with E-state index in [2.05, 4.69) is 77.7 Å². The largest absolute Gasteiger partial charge is 0.309 e. The van der Waals surface area contributed by atoms with E-state index in [0.29, 0.717) is 0 Å². The van der Waals surface area contributed by atoms with Gasteiger partial charge in [-0.25, -0.2) is 0 Å². The van der Waals surface area contributed by atoms with Crippen molar-refractivity contribution in [1.82, 2.24) is 5.32 Å². The molecule has 1 aliphatic rings. The van der Waals surface area contributed by atoms with Crippen LogP contribution in [0.25, 0.3) is 0 Å². The van der Waals surface area contributed by atoms with Crippen molar-refractivity contribution in [3.8, 4) is 0 Å². The van der Waals surface area contributed by atoms with Gasteiger partial charge in [0.25, 0.3) is 0 Å². The van der Waals surface area contributed by atoms with Crippen LogP contribution in [0.4, 0.5) is 0 Å². The van der Waals surface area contributed by atoms with Crippen molar-refractivity contribution in [3.05, 3.63) is 69.2 Å². The van der Waals surface area contributed by atoms with E-state index in [9.17, 15) is 0 Å². The molecule has 1 nitrogen and oxygen atoms in total. The Hall–Kier alpha value is -1.12. The lowest BCUT2D eigenvalue weighted by atomic mass is 9.76. The van der Waals surface area contributed by atoms with Gasteiger partial charge in [-0.3, -0.25) is 0 Å². The van der Waals surface area contributed by atoms with Crippen molar-refractivity contribution in [2.75, 3.05) is 7.05 Å². The van der Waals surface area contributed by atoms with Gasteiger partial charge in [-0.2, -0.15) is 0 Å². The molecule has 2 heteroatoms. The van der Waals surface area contributed by atoms with Crippen LogP contribution >= 0.6 is 15.9 Å². The molecule has 2 aromatic rings. The molecule has 0 radical (unpaired) electrons. The Morgan fingerprint density at radius 1 is 1.05 bits per heavy atom. The van der Waals surface area contributed by atoms with Gasteiger partial charge < -0.3 is 5.32 Å². The second-order valence-electron chi connectivity index (χ2n) is 5.93.